The minimum absolute atomic E-state index is 0.0587. The third-order valence-corrected chi connectivity index (χ3v) is 3.07. The van der Waals surface area contributed by atoms with Gasteiger partial charge in [-0.2, -0.15) is 4.98 Å². The van der Waals surface area contributed by atoms with E-state index in [0.717, 1.165) is 11.1 Å². The van der Waals surface area contributed by atoms with Gasteiger partial charge in [-0.25, -0.2) is 0 Å². The van der Waals surface area contributed by atoms with Crippen LogP contribution in [0.4, 0.5) is 5.69 Å². The highest BCUT2D eigenvalue weighted by molar-refractivity contribution is 5.68. The van der Waals surface area contributed by atoms with Crippen LogP contribution in [0.15, 0.2) is 53.1 Å². The highest BCUT2D eigenvalue weighted by Crippen LogP contribution is 2.29. The van der Waals surface area contributed by atoms with Gasteiger partial charge >= 0.3 is 0 Å². The summed E-state index contributed by atoms with van der Waals surface area (Å²) in [4.78, 5) is 14.8. The lowest BCUT2D eigenvalue weighted by molar-refractivity contribution is -0.384. The highest BCUT2D eigenvalue weighted by atomic mass is 16.6. The number of benzene rings is 2. The molecule has 21 heavy (non-hydrogen) atoms. The van der Waals surface area contributed by atoms with Crippen LogP contribution in [0, 0.1) is 17.0 Å². The molecule has 6 heteroatoms. The topological polar surface area (TPSA) is 82.1 Å². The molecule has 104 valence electrons. The summed E-state index contributed by atoms with van der Waals surface area (Å²) in [6, 6.07) is 13.9. The van der Waals surface area contributed by atoms with Crippen molar-refractivity contribution in [2.45, 2.75) is 6.92 Å². The van der Waals surface area contributed by atoms with Crippen molar-refractivity contribution in [1.82, 2.24) is 10.1 Å². The Balaban J connectivity index is 2.03. The second-order valence-electron chi connectivity index (χ2n) is 4.56. The first kappa shape index (κ1) is 13.0. The van der Waals surface area contributed by atoms with E-state index in [4.69, 9.17) is 4.52 Å². The number of rotatable bonds is 3. The molecule has 3 aromatic rings. The van der Waals surface area contributed by atoms with E-state index in [9.17, 15) is 10.1 Å². The zero-order valence-corrected chi connectivity index (χ0v) is 11.2. The Morgan fingerprint density at radius 2 is 1.81 bits per heavy atom. The fourth-order valence-corrected chi connectivity index (χ4v) is 1.97. The van der Waals surface area contributed by atoms with E-state index in [-0.39, 0.29) is 11.6 Å². The number of hydrogen-bond donors (Lipinski definition) is 0. The Hall–Kier alpha value is -3.02. The first-order valence-corrected chi connectivity index (χ1v) is 6.29. The van der Waals surface area contributed by atoms with Crippen LogP contribution in [-0.4, -0.2) is 15.1 Å². The fraction of sp³-hybridized carbons (Fsp3) is 0.0667. The average Bonchev–Trinajstić information content (AvgIpc) is 2.97. The highest BCUT2D eigenvalue weighted by Gasteiger charge is 2.20. The molecule has 0 N–H and O–H groups in total. The molecule has 0 bridgehead atoms. The van der Waals surface area contributed by atoms with Crippen molar-refractivity contribution >= 4 is 5.69 Å². The first-order valence-electron chi connectivity index (χ1n) is 6.29. The van der Waals surface area contributed by atoms with Crippen LogP contribution in [0.3, 0.4) is 0 Å². The number of para-hydroxylation sites is 1. The van der Waals surface area contributed by atoms with Gasteiger partial charge in [-0.1, -0.05) is 47.1 Å². The number of aromatic nitrogens is 2. The molecule has 3 rings (SSSR count). The van der Waals surface area contributed by atoms with Gasteiger partial charge in [-0.3, -0.25) is 10.1 Å². The van der Waals surface area contributed by atoms with Gasteiger partial charge in [0.1, 0.15) is 5.56 Å². The Kier molecular flexibility index (Phi) is 3.19. The van der Waals surface area contributed by atoms with Crippen molar-refractivity contribution in [3.8, 4) is 22.8 Å². The third kappa shape index (κ3) is 2.51. The van der Waals surface area contributed by atoms with Gasteiger partial charge in [-0.05, 0) is 13.0 Å². The summed E-state index contributed by atoms with van der Waals surface area (Å²) in [5.74, 6) is 0.543. The maximum absolute atomic E-state index is 11.0. The van der Waals surface area contributed by atoms with Crippen LogP contribution in [0.25, 0.3) is 22.8 Å². The molecule has 1 aromatic heterocycles. The van der Waals surface area contributed by atoms with Gasteiger partial charge in [-0.15, -0.1) is 0 Å². The van der Waals surface area contributed by atoms with E-state index >= 15 is 0 Å². The lowest BCUT2D eigenvalue weighted by Crippen LogP contribution is -1.91. The molecule has 0 fully saturated rings. The zero-order chi connectivity index (χ0) is 14.8. The van der Waals surface area contributed by atoms with Gasteiger partial charge in [0.25, 0.3) is 11.6 Å². The largest absolute Gasteiger partial charge is 0.333 e. The van der Waals surface area contributed by atoms with Crippen LogP contribution in [-0.2, 0) is 0 Å². The Morgan fingerprint density at radius 3 is 2.52 bits per heavy atom. The van der Waals surface area contributed by atoms with E-state index in [1.165, 1.54) is 6.07 Å². The molecule has 2 aromatic carbocycles. The van der Waals surface area contributed by atoms with E-state index in [1.807, 2.05) is 31.2 Å². The van der Waals surface area contributed by atoms with Gasteiger partial charge in [0.15, 0.2) is 0 Å². The third-order valence-electron chi connectivity index (χ3n) is 3.07. The SMILES string of the molecule is Cc1ccc(-c2noc(-c3ccccc3[N+](=O)[O-])n2)cc1. The monoisotopic (exact) mass is 281 g/mol. The quantitative estimate of drug-likeness (QED) is 0.541. The summed E-state index contributed by atoms with van der Waals surface area (Å²) in [6.07, 6.45) is 0. The molecule has 0 saturated carbocycles. The second-order valence-corrected chi connectivity index (χ2v) is 4.56. The normalized spacial score (nSPS) is 10.5. The number of nitro groups is 1. The molecule has 0 aliphatic rings. The minimum Gasteiger partial charge on any atom is -0.333 e. The van der Waals surface area contributed by atoms with Crippen LogP contribution >= 0.6 is 0 Å². The number of aryl methyl sites for hydroxylation is 1. The number of nitrogens with zero attached hydrogens (tertiary/aromatic N) is 3. The molecule has 0 atom stereocenters. The predicted octanol–water partition coefficient (Wildman–Crippen LogP) is 3.62. The molecular formula is C15H11N3O3. The Bertz CT molecular complexity index is 794. The molecule has 6 nitrogen and oxygen atoms in total. The van der Waals surface area contributed by atoms with Gasteiger partial charge in [0.2, 0.25) is 5.82 Å². The molecule has 1 heterocycles. The van der Waals surface area contributed by atoms with Crippen LogP contribution in [0.5, 0.6) is 0 Å². The molecule has 0 aliphatic heterocycles. The maximum atomic E-state index is 11.0. The van der Waals surface area contributed by atoms with Crippen molar-refractivity contribution in [3.05, 3.63) is 64.2 Å². The second kappa shape index (κ2) is 5.16. The zero-order valence-electron chi connectivity index (χ0n) is 11.2. The average molecular weight is 281 g/mol. The number of hydrogen-bond acceptors (Lipinski definition) is 5. The lowest BCUT2D eigenvalue weighted by Gasteiger charge is -1.96. The van der Waals surface area contributed by atoms with E-state index in [2.05, 4.69) is 10.1 Å². The van der Waals surface area contributed by atoms with Crippen LogP contribution in [0.2, 0.25) is 0 Å². The molecule has 0 spiro atoms. The summed E-state index contributed by atoms with van der Waals surface area (Å²) in [5.41, 5.74) is 2.18. The lowest BCUT2D eigenvalue weighted by atomic mass is 10.1. The summed E-state index contributed by atoms with van der Waals surface area (Å²) in [6.45, 7) is 1.98. The van der Waals surface area contributed by atoms with Crippen molar-refractivity contribution in [2.75, 3.05) is 0 Å². The molecule has 0 aliphatic carbocycles. The molecular weight excluding hydrogens is 270 g/mol. The minimum atomic E-state index is -0.467. The maximum Gasteiger partial charge on any atom is 0.282 e. The standard InChI is InChI=1S/C15H11N3O3/c1-10-6-8-11(9-7-10)14-16-15(21-17-14)12-4-2-3-5-13(12)18(19)20/h2-9H,1H3. The smallest absolute Gasteiger partial charge is 0.282 e. The number of nitro benzene ring substituents is 1. The summed E-state index contributed by atoms with van der Waals surface area (Å²) >= 11 is 0. The Morgan fingerprint density at radius 1 is 1.10 bits per heavy atom. The molecule has 0 saturated heterocycles. The van der Waals surface area contributed by atoms with Crippen LogP contribution in [0.1, 0.15) is 5.56 Å². The fourth-order valence-electron chi connectivity index (χ4n) is 1.97. The van der Waals surface area contributed by atoms with E-state index < -0.39 is 4.92 Å². The molecule has 0 amide bonds. The summed E-state index contributed by atoms with van der Waals surface area (Å²) in [7, 11) is 0. The van der Waals surface area contributed by atoms with Crippen LogP contribution < -0.4 is 0 Å². The van der Waals surface area contributed by atoms with Gasteiger partial charge < -0.3 is 4.52 Å². The van der Waals surface area contributed by atoms with Gasteiger partial charge in [0.05, 0.1) is 4.92 Å². The van der Waals surface area contributed by atoms with Crippen molar-refractivity contribution in [1.29, 1.82) is 0 Å². The Labute approximate surface area is 120 Å². The summed E-state index contributed by atoms with van der Waals surface area (Å²) < 4.78 is 5.16. The van der Waals surface area contributed by atoms with E-state index in [1.54, 1.807) is 18.2 Å². The van der Waals surface area contributed by atoms with Gasteiger partial charge in [0, 0.05) is 11.6 Å². The first-order chi connectivity index (χ1) is 10.1. The summed E-state index contributed by atoms with van der Waals surface area (Å²) in [5, 5.41) is 14.9. The predicted molar refractivity (Wildman–Crippen MR) is 76.6 cm³/mol. The van der Waals surface area contributed by atoms with Crippen molar-refractivity contribution in [2.24, 2.45) is 0 Å². The van der Waals surface area contributed by atoms with Crippen molar-refractivity contribution < 1.29 is 9.45 Å². The molecule has 0 unspecified atom stereocenters. The molecule has 0 radical (unpaired) electrons. The van der Waals surface area contributed by atoms with E-state index in [0.29, 0.717) is 11.4 Å². The van der Waals surface area contributed by atoms with Crippen molar-refractivity contribution in [3.63, 3.8) is 0 Å².